The second-order valence-electron chi connectivity index (χ2n) is 3.37. The number of ether oxygens (including phenoxy) is 1. The zero-order valence-corrected chi connectivity index (χ0v) is 10.3. The van der Waals surface area contributed by atoms with Crippen molar-refractivity contribution >= 4 is 11.8 Å². The van der Waals surface area contributed by atoms with Crippen molar-refractivity contribution in [1.82, 2.24) is 9.97 Å². The molecule has 1 atom stereocenters. The second kappa shape index (κ2) is 7.54. The minimum Gasteiger partial charge on any atom is -0.478 e. The first kappa shape index (κ1) is 13.3. The minimum absolute atomic E-state index is 0.190. The van der Waals surface area contributed by atoms with E-state index < -0.39 is 0 Å². The smallest absolute Gasteiger partial charge is 0.211 e. The first-order valence-electron chi connectivity index (χ1n) is 5.33. The van der Waals surface area contributed by atoms with Crippen molar-refractivity contribution < 1.29 is 9.84 Å². The fourth-order valence-electron chi connectivity index (χ4n) is 1.27. The van der Waals surface area contributed by atoms with Crippen LogP contribution in [0.1, 0.15) is 23.9 Å². The van der Waals surface area contributed by atoms with Gasteiger partial charge in [0, 0.05) is 13.2 Å². The normalized spacial score (nSPS) is 12.7. The molecule has 0 saturated carbocycles. The molecule has 0 aliphatic rings. The number of aromatic amines is 1. The number of aromatic nitrogens is 2. The molecule has 16 heavy (non-hydrogen) atoms. The highest BCUT2D eigenvalue weighted by Gasteiger charge is 2.11. The largest absolute Gasteiger partial charge is 0.478 e. The molecular formula is C10H19N3O2S. The number of aliphatic hydroxyl groups excluding tert-OH is 1. The van der Waals surface area contributed by atoms with Crippen LogP contribution >= 0.6 is 11.8 Å². The number of aliphatic hydroxyl groups is 1. The second-order valence-corrected chi connectivity index (χ2v) is 4.41. The average Bonchev–Trinajstić information content (AvgIpc) is 2.75. The van der Waals surface area contributed by atoms with Gasteiger partial charge in [-0.15, -0.1) is 0 Å². The predicted octanol–water partition coefficient (Wildman–Crippen LogP) is 0.924. The third-order valence-corrected chi connectivity index (χ3v) is 3.17. The third-order valence-electron chi connectivity index (χ3n) is 2.19. The highest BCUT2D eigenvalue weighted by molar-refractivity contribution is 7.98. The molecule has 0 saturated heterocycles. The Morgan fingerprint density at radius 2 is 2.44 bits per heavy atom. The molecule has 1 aromatic rings. The monoisotopic (exact) mass is 245 g/mol. The Balaban J connectivity index is 2.38. The van der Waals surface area contributed by atoms with Crippen LogP contribution in [0.5, 0.6) is 5.88 Å². The molecule has 0 spiro atoms. The summed E-state index contributed by atoms with van der Waals surface area (Å²) in [6, 6.07) is 0. The molecule has 0 aliphatic heterocycles. The number of imidazole rings is 1. The van der Waals surface area contributed by atoms with E-state index in [0.29, 0.717) is 19.0 Å². The molecule has 1 rings (SSSR count). The van der Waals surface area contributed by atoms with E-state index in [9.17, 15) is 0 Å². The van der Waals surface area contributed by atoms with E-state index in [1.165, 1.54) is 0 Å². The number of unbranched alkanes of at least 4 members (excludes halogenated alkanes) is 1. The summed E-state index contributed by atoms with van der Waals surface area (Å²) < 4.78 is 5.45. The topological polar surface area (TPSA) is 84.2 Å². The first-order valence-corrected chi connectivity index (χ1v) is 6.62. The summed E-state index contributed by atoms with van der Waals surface area (Å²) in [4.78, 5) is 7.32. The summed E-state index contributed by atoms with van der Waals surface area (Å²) in [5.74, 6) is 1.52. The number of rotatable bonds is 8. The number of hydrogen-bond acceptors (Lipinski definition) is 5. The Bertz CT molecular complexity index is 289. The van der Waals surface area contributed by atoms with Gasteiger partial charge in [-0.1, -0.05) is 0 Å². The summed E-state index contributed by atoms with van der Waals surface area (Å²) in [5, 5.41) is 8.80. The van der Waals surface area contributed by atoms with E-state index >= 15 is 0 Å². The van der Waals surface area contributed by atoms with Crippen LogP contribution in [0.15, 0.2) is 6.20 Å². The molecule has 0 bridgehead atoms. The maximum absolute atomic E-state index is 8.61. The van der Waals surface area contributed by atoms with Gasteiger partial charge >= 0.3 is 0 Å². The molecule has 6 heteroatoms. The van der Waals surface area contributed by atoms with Crippen LogP contribution in [0.2, 0.25) is 0 Å². The van der Waals surface area contributed by atoms with Gasteiger partial charge in [-0.05, 0) is 19.1 Å². The van der Waals surface area contributed by atoms with Gasteiger partial charge in [0.15, 0.2) is 0 Å². The van der Waals surface area contributed by atoms with Crippen molar-refractivity contribution in [3.63, 3.8) is 0 Å². The minimum atomic E-state index is 0.190. The van der Waals surface area contributed by atoms with Crippen LogP contribution in [0.3, 0.4) is 0 Å². The predicted molar refractivity (Wildman–Crippen MR) is 65.7 cm³/mol. The molecule has 1 unspecified atom stereocenters. The van der Waals surface area contributed by atoms with Gasteiger partial charge in [-0.3, -0.25) is 0 Å². The lowest BCUT2D eigenvalue weighted by Gasteiger charge is -2.07. The number of nitrogens with zero attached hydrogens (tertiary/aromatic N) is 1. The van der Waals surface area contributed by atoms with Gasteiger partial charge < -0.3 is 20.6 Å². The molecule has 1 heterocycles. The Kier molecular flexibility index (Phi) is 6.29. The van der Waals surface area contributed by atoms with E-state index in [0.717, 1.165) is 18.7 Å². The van der Waals surface area contributed by atoms with Crippen molar-refractivity contribution in [2.24, 2.45) is 5.73 Å². The lowest BCUT2D eigenvalue weighted by atomic mass is 10.3. The van der Waals surface area contributed by atoms with Gasteiger partial charge in [0.25, 0.3) is 0 Å². The van der Waals surface area contributed by atoms with Crippen LogP contribution in [0.25, 0.3) is 0 Å². The molecule has 92 valence electrons. The first-order chi connectivity index (χ1) is 7.81. The quantitative estimate of drug-likeness (QED) is 0.593. The van der Waals surface area contributed by atoms with E-state index in [1.807, 2.05) is 6.26 Å². The van der Waals surface area contributed by atoms with Crippen LogP contribution in [-0.2, 0) is 0 Å². The van der Waals surface area contributed by atoms with E-state index in [2.05, 4.69) is 9.97 Å². The standard InChI is InChI=1S/C10H19N3O2S/c1-16-8(6-11)10-12-7-9(13-10)15-5-3-2-4-14/h7-8,14H,2-6,11H2,1H3,(H,12,13). The molecule has 0 fully saturated rings. The Morgan fingerprint density at radius 3 is 3.06 bits per heavy atom. The molecule has 0 amide bonds. The lowest BCUT2D eigenvalue weighted by molar-refractivity contribution is 0.249. The van der Waals surface area contributed by atoms with E-state index in [4.69, 9.17) is 15.6 Å². The molecule has 4 N–H and O–H groups in total. The lowest BCUT2D eigenvalue weighted by Crippen LogP contribution is -2.10. The summed E-state index contributed by atoms with van der Waals surface area (Å²) >= 11 is 1.66. The number of hydrogen-bond donors (Lipinski definition) is 3. The van der Waals surface area contributed by atoms with E-state index in [-0.39, 0.29) is 11.9 Å². The summed E-state index contributed by atoms with van der Waals surface area (Å²) in [6.45, 7) is 1.35. The van der Waals surface area contributed by atoms with Crippen molar-refractivity contribution in [1.29, 1.82) is 0 Å². The Morgan fingerprint density at radius 1 is 1.62 bits per heavy atom. The van der Waals surface area contributed by atoms with Crippen molar-refractivity contribution in [3.05, 3.63) is 12.0 Å². The van der Waals surface area contributed by atoms with Crippen LogP contribution in [0, 0.1) is 0 Å². The van der Waals surface area contributed by atoms with Gasteiger partial charge in [0.05, 0.1) is 18.1 Å². The third kappa shape index (κ3) is 4.03. The number of thioether (sulfide) groups is 1. The maximum atomic E-state index is 8.61. The summed E-state index contributed by atoms with van der Waals surface area (Å²) in [7, 11) is 0. The zero-order valence-electron chi connectivity index (χ0n) is 9.48. The molecule has 0 radical (unpaired) electrons. The zero-order chi connectivity index (χ0) is 11.8. The number of H-pyrrole nitrogens is 1. The Labute approximate surface area is 99.8 Å². The van der Waals surface area contributed by atoms with Crippen molar-refractivity contribution in [2.45, 2.75) is 18.1 Å². The fourth-order valence-corrected chi connectivity index (χ4v) is 1.81. The van der Waals surface area contributed by atoms with Crippen LogP contribution in [-0.4, -0.2) is 41.1 Å². The molecule has 0 aliphatic carbocycles. The Hall–Kier alpha value is -0.720. The highest BCUT2D eigenvalue weighted by Crippen LogP contribution is 2.23. The maximum Gasteiger partial charge on any atom is 0.211 e. The molecule has 0 aromatic carbocycles. The number of nitrogens with two attached hydrogens (primary N) is 1. The van der Waals surface area contributed by atoms with Crippen molar-refractivity contribution in [2.75, 3.05) is 26.0 Å². The van der Waals surface area contributed by atoms with Crippen molar-refractivity contribution in [3.8, 4) is 5.88 Å². The fraction of sp³-hybridized carbons (Fsp3) is 0.700. The summed E-state index contributed by atoms with van der Waals surface area (Å²) in [6.07, 6.45) is 5.28. The van der Waals surface area contributed by atoms with Crippen LogP contribution in [0.4, 0.5) is 0 Å². The van der Waals surface area contributed by atoms with E-state index in [1.54, 1.807) is 18.0 Å². The molecular weight excluding hydrogens is 226 g/mol. The molecule has 5 nitrogen and oxygen atoms in total. The van der Waals surface area contributed by atoms with Gasteiger partial charge in [-0.25, -0.2) is 4.98 Å². The van der Waals surface area contributed by atoms with Gasteiger partial charge in [0.2, 0.25) is 5.88 Å². The highest BCUT2D eigenvalue weighted by atomic mass is 32.2. The molecule has 1 aromatic heterocycles. The van der Waals surface area contributed by atoms with Gasteiger partial charge in [0.1, 0.15) is 5.82 Å². The van der Waals surface area contributed by atoms with Crippen LogP contribution < -0.4 is 10.5 Å². The van der Waals surface area contributed by atoms with Gasteiger partial charge in [-0.2, -0.15) is 11.8 Å². The number of nitrogens with one attached hydrogen (secondary N) is 1. The average molecular weight is 245 g/mol. The summed E-state index contributed by atoms with van der Waals surface area (Å²) in [5.41, 5.74) is 5.61. The SMILES string of the molecule is CSC(CN)c1ncc(OCCCCO)[nH]1.